The van der Waals surface area contributed by atoms with Gasteiger partial charge < -0.3 is 11.5 Å². The van der Waals surface area contributed by atoms with Crippen molar-refractivity contribution < 1.29 is 13.2 Å². The molecule has 0 saturated heterocycles. The van der Waals surface area contributed by atoms with Gasteiger partial charge in [-0.1, -0.05) is 18.2 Å². The number of carbonyl (C=O) groups is 1. The second-order valence-corrected chi connectivity index (χ2v) is 5.67. The third kappa shape index (κ3) is 4.16. The highest BCUT2D eigenvalue weighted by Gasteiger charge is 2.15. The molecule has 1 aromatic carbocycles. The summed E-state index contributed by atoms with van der Waals surface area (Å²) in [6, 6.07) is 4.24. The summed E-state index contributed by atoms with van der Waals surface area (Å²) in [6.45, 7) is 2.17. The molecule has 19 heavy (non-hydrogen) atoms. The van der Waals surface area contributed by atoms with Gasteiger partial charge in [0.15, 0.2) is 0 Å². The molecule has 7 heteroatoms. The summed E-state index contributed by atoms with van der Waals surface area (Å²) in [7, 11) is -3.66. The molecule has 0 fully saturated rings. The number of rotatable bonds is 6. The van der Waals surface area contributed by atoms with Gasteiger partial charge in [-0.05, 0) is 24.6 Å². The van der Waals surface area contributed by atoms with Crippen molar-refractivity contribution in [3.63, 3.8) is 0 Å². The topological polar surface area (TPSA) is 115 Å². The first-order valence-electron chi connectivity index (χ1n) is 5.63. The Bertz CT molecular complexity index is 594. The number of sulfonamides is 1. The van der Waals surface area contributed by atoms with Crippen molar-refractivity contribution in [2.24, 2.45) is 11.5 Å². The summed E-state index contributed by atoms with van der Waals surface area (Å²) in [6.07, 6.45) is 3.26. The van der Waals surface area contributed by atoms with Crippen LogP contribution in [0.1, 0.15) is 15.9 Å². The molecule has 0 aromatic heterocycles. The van der Waals surface area contributed by atoms with Crippen molar-refractivity contribution in [2.45, 2.75) is 11.8 Å². The average Bonchev–Trinajstić information content (AvgIpc) is 2.34. The highest BCUT2D eigenvalue weighted by Crippen LogP contribution is 2.15. The van der Waals surface area contributed by atoms with E-state index >= 15 is 0 Å². The molecule has 6 nitrogen and oxygen atoms in total. The van der Waals surface area contributed by atoms with E-state index in [1.165, 1.54) is 12.1 Å². The van der Waals surface area contributed by atoms with Gasteiger partial charge in [0, 0.05) is 18.7 Å². The number of aryl methyl sites for hydroxylation is 1. The van der Waals surface area contributed by atoms with Crippen molar-refractivity contribution in [2.75, 3.05) is 13.1 Å². The van der Waals surface area contributed by atoms with Gasteiger partial charge in [-0.15, -0.1) is 0 Å². The fourth-order valence-electron chi connectivity index (χ4n) is 1.45. The molecule has 1 rings (SSSR count). The molecular formula is C12H17N3O3S. The van der Waals surface area contributed by atoms with E-state index in [0.29, 0.717) is 12.1 Å². The monoisotopic (exact) mass is 283 g/mol. The Morgan fingerprint density at radius 3 is 2.63 bits per heavy atom. The Morgan fingerprint density at radius 1 is 1.37 bits per heavy atom. The predicted octanol–water partition coefficient (Wildman–Crippen LogP) is -0.113. The zero-order valence-electron chi connectivity index (χ0n) is 10.6. The lowest BCUT2D eigenvalue weighted by Gasteiger charge is -2.07. The molecule has 0 aliphatic carbocycles. The van der Waals surface area contributed by atoms with Crippen LogP contribution in [0.25, 0.3) is 0 Å². The normalized spacial score (nSPS) is 11.9. The second kappa shape index (κ2) is 6.46. The van der Waals surface area contributed by atoms with Gasteiger partial charge in [-0.3, -0.25) is 4.79 Å². The first kappa shape index (κ1) is 15.4. The van der Waals surface area contributed by atoms with Crippen LogP contribution in [-0.2, 0) is 10.0 Å². The van der Waals surface area contributed by atoms with Crippen LogP contribution < -0.4 is 16.2 Å². The van der Waals surface area contributed by atoms with E-state index < -0.39 is 15.9 Å². The fourth-order valence-corrected chi connectivity index (χ4v) is 2.46. The van der Waals surface area contributed by atoms with E-state index in [9.17, 15) is 13.2 Å². The Balaban J connectivity index is 2.99. The van der Waals surface area contributed by atoms with Gasteiger partial charge in [0.25, 0.3) is 0 Å². The molecule has 0 spiro atoms. The largest absolute Gasteiger partial charge is 0.366 e. The first-order chi connectivity index (χ1) is 8.88. The molecule has 0 atom stereocenters. The van der Waals surface area contributed by atoms with Crippen LogP contribution in [0, 0.1) is 6.92 Å². The molecule has 0 saturated carbocycles. The Labute approximate surface area is 112 Å². The molecule has 1 amide bonds. The summed E-state index contributed by atoms with van der Waals surface area (Å²) in [5, 5.41) is 0. The maximum absolute atomic E-state index is 12.0. The number of benzene rings is 1. The lowest BCUT2D eigenvalue weighted by Crippen LogP contribution is -2.24. The van der Waals surface area contributed by atoms with E-state index in [1.807, 2.05) is 0 Å². The summed E-state index contributed by atoms with van der Waals surface area (Å²) in [5.74, 6) is -0.655. The van der Waals surface area contributed by atoms with Crippen LogP contribution in [0.2, 0.25) is 0 Å². The van der Waals surface area contributed by atoms with Crippen molar-refractivity contribution in [1.29, 1.82) is 0 Å². The van der Waals surface area contributed by atoms with Crippen LogP contribution in [0.3, 0.4) is 0 Å². The number of hydrogen-bond donors (Lipinski definition) is 3. The van der Waals surface area contributed by atoms with Gasteiger partial charge in [0.1, 0.15) is 0 Å². The number of amides is 1. The minimum Gasteiger partial charge on any atom is -0.366 e. The summed E-state index contributed by atoms with van der Waals surface area (Å²) >= 11 is 0. The minimum absolute atomic E-state index is 0.00745. The summed E-state index contributed by atoms with van der Waals surface area (Å²) < 4.78 is 26.3. The Morgan fingerprint density at radius 2 is 2.05 bits per heavy atom. The van der Waals surface area contributed by atoms with Crippen LogP contribution in [0.4, 0.5) is 0 Å². The average molecular weight is 283 g/mol. The molecule has 0 bridgehead atoms. The van der Waals surface area contributed by atoms with E-state index in [2.05, 4.69) is 4.72 Å². The van der Waals surface area contributed by atoms with Crippen LogP contribution in [0.15, 0.2) is 35.2 Å². The Kier molecular flexibility index (Phi) is 5.22. The van der Waals surface area contributed by atoms with E-state index in [1.54, 1.807) is 25.1 Å². The first-order valence-corrected chi connectivity index (χ1v) is 7.12. The van der Waals surface area contributed by atoms with Crippen LogP contribution in [-0.4, -0.2) is 27.4 Å². The van der Waals surface area contributed by atoms with E-state index in [-0.39, 0.29) is 17.0 Å². The smallest absolute Gasteiger partial charge is 0.249 e. The molecule has 0 unspecified atom stereocenters. The van der Waals surface area contributed by atoms with Gasteiger partial charge >= 0.3 is 0 Å². The zero-order chi connectivity index (χ0) is 14.5. The van der Waals surface area contributed by atoms with Crippen molar-refractivity contribution in [3.05, 3.63) is 41.5 Å². The quantitative estimate of drug-likeness (QED) is 0.631. The molecule has 0 heterocycles. The SMILES string of the molecule is Cc1ccc(S(=O)(=O)NC/C=C/CN)cc1C(N)=O. The zero-order valence-corrected chi connectivity index (χ0v) is 11.4. The number of carbonyl (C=O) groups excluding carboxylic acids is 1. The highest BCUT2D eigenvalue weighted by atomic mass is 32.2. The third-order valence-electron chi connectivity index (χ3n) is 2.48. The summed E-state index contributed by atoms with van der Waals surface area (Å²) in [4.78, 5) is 11.2. The summed E-state index contributed by atoms with van der Waals surface area (Å²) in [5.41, 5.74) is 11.3. The maximum Gasteiger partial charge on any atom is 0.249 e. The number of hydrogen-bond acceptors (Lipinski definition) is 4. The van der Waals surface area contributed by atoms with Gasteiger partial charge in [0.2, 0.25) is 15.9 Å². The van der Waals surface area contributed by atoms with E-state index in [4.69, 9.17) is 11.5 Å². The highest BCUT2D eigenvalue weighted by molar-refractivity contribution is 7.89. The van der Waals surface area contributed by atoms with Crippen molar-refractivity contribution in [1.82, 2.24) is 4.72 Å². The van der Waals surface area contributed by atoms with Crippen LogP contribution >= 0.6 is 0 Å². The molecule has 0 aliphatic rings. The number of nitrogens with two attached hydrogens (primary N) is 2. The fraction of sp³-hybridized carbons (Fsp3) is 0.250. The Hall–Kier alpha value is -1.70. The van der Waals surface area contributed by atoms with Gasteiger partial charge in [0.05, 0.1) is 4.90 Å². The predicted molar refractivity (Wildman–Crippen MR) is 73.1 cm³/mol. The van der Waals surface area contributed by atoms with Gasteiger partial charge in [-0.25, -0.2) is 13.1 Å². The number of nitrogens with one attached hydrogen (secondary N) is 1. The van der Waals surface area contributed by atoms with E-state index in [0.717, 1.165) is 0 Å². The maximum atomic E-state index is 12.0. The van der Waals surface area contributed by atoms with Crippen LogP contribution in [0.5, 0.6) is 0 Å². The van der Waals surface area contributed by atoms with Crippen molar-refractivity contribution in [3.8, 4) is 0 Å². The molecule has 0 radical (unpaired) electrons. The van der Waals surface area contributed by atoms with Crippen molar-refractivity contribution >= 4 is 15.9 Å². The molecule has 104 valence electrons. The lowest BCUT2D eigenvalue weighted by atomic mass is 10.1. The molecule has 1 aromatic rings. The lowest BCUT2D eigenvalue weighted by molar-refractivity contribution is 0.0999. The molecular weight excluding hydrogens is 266 g/mol. The molecule has 0 aliphatic heterocycles. The standard InChI is InChI=1S/C12H17N3O3S/c1-9-4-5-10(8-11(9)12(14)16)19(17,18)15-7-3-2-6-13/h2-5,8,15H,6-7,13H2,1H3,(H2,14,16)/b3-2+. The number of primary amides is 1. The van der Waals surface area contributed by atoms with Gasteiger partial charge in [-0.2, -0.15) is 0 Å². The third-order valence-corrected chi connectivity index (χ3v) is 3.90. The second-order valence-electron chi connectivity index (χ2n) is 3.90. The minimum atomic E-state index is -3.66. The molecule has 5 N–H and O–H groups in total.